The van der Waals surface area contributed by atoms with Gasteiger partial charge in [0.2, 0.25) is 0 Å². The van der Waals surface area contributed by atoms with Crippen LogP contribution in [0.15, 0.2) is 30.5 Å². The number of pyridine rings is 1. The van der Waals surface area contributed by atoms with Crippen LogP contribution in [0, 0.1) is 5.21 Å². The minimum absolute atomic E-state index is 0.0805. The van der Waals surface area contributed by atoms with E-state index in [0.29, 0.717) is 30.4 Å². The summed E-state index contributed by atoms with van der Waals surface area (Å²) in [5.74, 6) is 0.906. The van der Waals surface area contributed by atoms with Gasteiger partial charge in [-0.1, -0.05) is 6.07 Å². The first-order valence-corrected chi connectivity index (χ1v) is 10.2. The van der Waals surface area contributed by atoms with Crippen LogP contribution in [-0.4, -0.2) is 37.8 Å². The Labute approximate surface area is 168 Å². The van der Waals surface area contributed by atoms with Crippen LogP contribution in [0.4, 0.5) is 11.8 Å². The van der Waals surface area contributed by atoms with Gasteiger partial charge in [0.25, 0.3) is 0 Å². The first-order chi connectivity index (χ1) is 14.0. The normalized spacial score (nSPS) is 16.8. The van der Waals surface area contributed by atoms with Gasteiger partial charge in [-0.2, -0.15) is 10.1 Å². The molecule has 3 N–H and O–H groups in total. The number of quaternary nitrogens is 1. The maximum atomic E-state index is 13.7. The van der Waals surface area contributed by atoms with Crippen LogP contribution in [-0.2, 0) is 0 Å². The molecule has 8 nitrogen and oxygen atoms in total. The molecule has 1 fully saturated rings. The maximum absolute atomic E-state index is 13.7. The van der Waals surface area contributed by atoms with Crippen molar-refractivity contribution in [2.75, 3.05) is 18.8 Å². The van der Waals surface area contributed by atoms with E-state index in [0.717, 1.165) is 46.9 Å². The van der Waals surface area contributed by atoms with Gasteiger partial charge in [-0.25, -0.2) is 4.98 Å². The minimum atomic E-state index is -0.390. The van der Waals surface area contributed by atoms with E-state index >= 15 is 0 Å². The average molecular weight is 391 g/mol. The first kappa shape index (κ1) is 18.1. The van der Waals surface area contributed by atoms with Crippen molar-refractivity contribution in [3.8, 4) is 11.3 Å². The summed E-state index contributed by atoms with van der Waals surface area (Å²) in [7, 11) is 0. The minimum Gasteiger partial charge on any atom is -0.625 e. The Bertz CT molecular complexity index is 1190. The Morgan fingerprint density at radius 2 is 1.93 bits per heavy atom. The number of imidazole rings is 1. The topological polar surface area (TPSA) is 108 Å². The first-order valence-electron chi connectivity index (χ1n) is 10.2. The summed E-state index contributed by atoms with van der Waals surface area (Å²) in [6, 6.07) is 8.04. The number of aromatic amines is 1. The number of nitrogens with two attached hydrogens (primary N) is 1. The predicted octanol–water partition coefficient (Wildman–Crippen LogP) is 4.13. The summed E-state index contributed by atoms with van der Waals surface area (Å²) in [4.78, 5) is 9.38. The lowest BCUT2D eigenvalue weighted by Crippen LogP contribution is -2.49. The van der Waals surface area contributed by atoms with Crippen LogP contribution < -0.4 is 10.4 Å². The maximum Gasteiger partial charge on any atom is 0.310 e. The van der Waals surface area contributed by atoms with Crippen LogP contribution in [0.3, 0.4) is 0 Å². The van der Waals surface area contributed by atoms with E-state index < -0.39 is 0 Å². The number of nitrogens with zero attached hydrogens (tertiary/aromatic N) is 5. The van der Waals surface area contributed by atoms with Crippen molar-refractivity contribution in [2.45, 2.75) is 39.2 Å². The fraction of sp³-hybridized carbons (Fsp3) is 0.381. The Balaban J connectivity index is 1.80. The summed E-state index contributed by atoms with van der Waals surface area (Å²) in [5.41, 5.74) is 10.4. The molecular formula is C21H25N7O. The highest BCUT2D eigenvalue weighted by Gasteiger charge is 2.32. The van der Waals surface area contributed by atoms with Crippen molar-refractivity contribution in [1.29, 1.82) is 0 Å². The van der Waals surface area contributed by atoms with E-state index in [1.807, 2.05) is 24.3 Å². The van der Waals surface area contributed by atoms with E-state index in [1.165, 1.54) is 0 Å². The van der Waals surface area contributed by atoms with Crippen molar-refractivity contribution >= 4 is 33.7 Å². The number of anilines is 1. The number of benzene rings is 1. The van der Waals surface area contributed by atoms with E-state index in [1.54, 1.807) is 6.20 Å². The van der Waals surface area contributed by atoms with E-state index in [4.69, 9.17) is 10.7 Å². The number of nitrogen functional groups attached to an aromatic ring is 1. The summed E-state index contributed by atoms with van der Waals surface area (Å²) in [6.07, 6.45) is 4.74. The van der Waals surface area contributed by atoms with Crippen molar-refractivity contribution in [3.63, 3.8) is 0 Å². The van der Waals surface area contributed by atoms with Gasteiger partial charge in [-0.15, -0.1) is 0 Å². The molecule has 0 radical (unpaired) electrons. The van der Waals surface area contributed by atoms with E-state index in [2.05, 4.69) is 33.6 Å². The summed E-state index contributed by atoms with van der Waals surface area (Å²) < 4.78 is 1.68. The van der Waals surface area contributed by atoms with Crippen LogP contribution in [0.5, 0.6) is 0 Å². The van der Waals surface area contributed by atoms with Crippen molar-refractivity contribution in [1.82, 2.24) is 29.4 Å². The van der Waals surface area contributed by atoms with Gasteiger partial charge in [-0.3, -0.25) is 14.3 Å². The molecule has 0 bridgehead atoms. The standard InChI is InChI=1S/C21H25N7O/c1-13(2)27-19-15-7-6-14(16-8-9-23-26-16)12-17(15)24-20(22)18(19)25-21(27)28(29)10-4-3-5-11-28/h6-9,12-13H,3-5,10-11H2,1-2H3,(H2,22,24)(H,23,26). The Morgan fingerprint density at radius 3 is 2.62 bits per heavy atom. The summed E-state index contributed by atoms with van der Waals surface area (Å²) in [5, 5.41) is 21.7. The van der Waals surface area contributed by atoms with Crippen molar-refractivity contribution < 1.29 is 0 Å². The predicted molar refractivity (Wildman–Crippen MR) is 116 cm³/mol. The zero-order chi connectivity index (χ0) is 20.2. The largest absolute Gasteiger partial charge is 0.625 e. The zero-order valence-corrected chi connectivity index (χ0v) is 16.7. The molecule has 5 rings (SSSR count). The fourth-order valence-corrected chi connectivity index (χ4v) is 4.44. The number of hydrogen-bond donors (Lipinski definition) is 2. The zero-order valence-electron chi connectivity index (χ0n) is 16.7. The number of hydrogen-bond acceptors (Lipinski definition) is 5. The Kier molecular flexibility index (Phi) is 4.07. The van der Waals surface area contributed by atoms with Gasteiger partial charge in [0.1, 0.15) is 5.52 Å². The fourth-order valence-electron chi connectivity index (χ4n) is 4.44. The SMILES string of the molecule is CC(C)n1c([N+]2([O-])CCCCC2)nc2c(N)nc3cc(-c4cc[nH]n4)ccc3c21. The van der Waals surface area contributed by atoms with Crippen LogP contribution in [0.2, 0.25) is 0 Å². The monoisotopic (exact) mass is 391 g/mol. The van der Waals surface area contributed by atoms with Crippen molar-refractivity contribution in [2.24, 2.45) is 0 Å². The molecule has 1 aromatic carbocycles. The molecule has 8 heteroatoms. The van der Waals surface area contributed by atoms with Gasteiger partial charge in [0.15, 0.2) is 5.82 Å². The van der Waals surface area contributed by atoms with Gasteiger partial charge < -0.3 is 10.9 Å². The quantitative estimate of drug-likeness (QED) is 0.403. The lowest BCUT2D eigenvalue weighted by molar-refractivity contribution is 0.284. The van der Waals surface area contributed by atoms with Crippen LogP contribution in [0.25, 0.3) is 33.2 Å². The van der Waals surface area contributed by atoms with E-state index in [9.17, 15) is 5.21 Å². The number of rotatable bonds is 3. The molecule has 1 aliphatic heterocycles. The molecule has 0 unspecified atom stereocenters. The highest BCUT2D eigenvalue weighted by molar-refractivity contribution is 6.08. The molecule has 4 aromatic rings. The lowest BCUT2D eigenvalue weighted by Gasteiger charge is -2.43. The number of aromatic nitrogens is 5. The third-order valence-corrected chi connectivity index (χ3v) is 5.84. The number of H-pyrrole nitrogens is 1. The number of piperidine rings is 1. The Morgan fingerprint density at radius 1 is 1.14 bits per heavy atom. The highest BCUT2D eigenvalue weighted by atomic mass is 16.5. The molecule has 1 saturated heterocycles. The molecule has 0 aliphatic carbocycles. The Hall–Kier alpha value is -2.97. The van der Waals surface area contributed by atoms with Gasteiger partial charge >= 0.3 is 5.95 Å². The van der Waals surface area contributed by atoms with Crippen LogP contribution in [0.1, 0.15) is 39.2 Å². The molecule has 29 heavy (non-hydrogen) atoms. The number of fused-ring (bicyclic) bond motifs is 3. The highest BCUT2D eigenvalue weighted by Crippen LogP contribution is 2.38. The van der Waals surface area contributed by atoms with Gasteiger partial charge in [-0.05, 0) is 51.3 Å². The van der Waals surface area contributed by atoms with Crippen LogP contribution >= 0.6 is 0 Å². The second-order valence-electron chi connectivity index (χ2n) is 8.16. The third kappa shape index (κ3) is 2.79. The number of nitrogens with one attached hydrogen (secondary N) is 1. The summed E-state index contributed by atoms with van der Waals surface area (Å²) >= 11 is 0. The molecule has 3 aromatic heterocycles. The van der Waals surface area contributed by atoms with Gasteiger partial charge in [0.05, 0.1) is 29.8 Å². The number of hydroxylamine groups is 2. The molecule has 0 saturated carbocycles. The second-order valence-corrected chi connectivity index (χ2v) is 8.16. The molecule has 0 atom stereocenters. The average Bonchev–Trinajstić information content (AvgIpc) is 3.37. The summed E-state index contributed by atoms with van der Waals surface area (Å²) in [6.45, 7) is 5.29. The molecule has 4 heterocycles. The molecule has 150 valence electrons. The lowest BCUT2D eigenvalue weighted by atomic mass is 10.1. The molecule has 0 amide bonds. The van der Waals surface area contributed by atoms with Gasteiger partial charge in [0, 0.05) is 23.2 Å². The molecular weight excluding hydrogens is 366 g/mol. The molecule has 0 spiro atoms. The van der Waals surface area contributed by atoms with Crippen molar-refractivity contribution in [3.05, 3.63) is 35.7 Å². The smallest absolute Gasteiger partial charge is 0.310 e. The molecule has 1 aliphatic rings. The second kappa shape index (κ2) is 6.53. The third-order valence-electron chi connectivity index (χ3n) is 5.84. The van der Waals surface area contributed by atoms with E-state index in [-0.39, 0.29) is 10.7 Å².